The van der Waals surface area contributed by atoms with Crippen molar-refractivity contribution in [2.24, 2.45) is 0 Å². The van der Waals surface area contributed by atoms with E-state index in [4.69, 9.17) is 25.8 Å². The van der Waals surface area contributed by atoms with Crippen LogP contribution in [0.25, 0.3) is 5.57 Å². The fourth-order valence-electron chi connectivity index (χ4n) is 4.42. The van der Waals surface area contributed by atoms with Crippen LogP contribution in [0, 0.1) is 0 Å². The summed E-state index contributed by atoms with van der Waals surface area (Å²) in [4.78, 5) is 0. The molecule has 1 aliphatic rings. The van der Waals surface area contributed by atoms with Crippen molar-refractivity contribution in [2.45, 2.75) is 12.5 Å². The molecule has 0 radical (unpaired) electrons. The number of benzene rings is 4. The van der Waals surface area contributed by atoms with Gasteiger partial charge in [-0.2, -0.15) is 0 Å². The highest BCUT2D eigenvalue weighted by molar-refractivity contribution is 6.35. The molecule has 0 aliphatic heterocycles. The molecule has 0 amide bonds. The summed E-state index contributed by atoms with van der Waals surface area (Å²) < 4.78 is 16.8. The number of rotatable bonds is 7. The molecule has 0 saturated heterocycles. The lowest BCUT2D eigenvalue weighted by Crippen LogP contribution is -1.99. The second-order valence-corrected chi connectivity index (χ2v) is 8.59. The van der Waals surface area contributed by atoms with E-state index >= 15 is 0 Å². The quantitative estimate of drug-likeness (QED) is 0.282. The van der Waals surface area contributed by atoms with Gasteiger partial charge in [0.1, 0.15) is 23.9 Å². The van der Waals surface area contributed by atoms with Crippen LogP contribution >= 0.6 is 11.6 Å². The van der Waals surface area contributed by atoms with Gasteiger partial charge in [0.25, 0.3) is 0 Å². The second-order valence-electron chi connectivity index (χ2n) is 8.18. The lowest BCUT2D eigenvalue weighted by atomic mass is 9.92. The van der Waals surface area contributed by atoms with Crippen LogP contribution in [0.5, 0.6) is 17.2 Å². The summed E-state index contributed by atoms with van der Waals surface area (Å²) in [5.74, 6) is 2.39. The Morgan fingerprint density at radius 3 is 2.03 bits per heavy atom. The zero-order chi connectivity index (χ0) is 23.5. The average molecular weight is 469 g/mol. The van der Waals surface area contributed by atoms with Crippen molar-refractivity contribution in [3.05, 3.63) is 130 Å². The van der Waals surface area contributed by atoms with Gasteiger partial charge in [0.15, 0.2) is 0 Å². The maximum absolute atomic E-state index is 7.11. The van der Waals surface area contributed by atoms with E-state index in [9.17, 15) is 0 Å². The SMILES string of the molecule is COc1ccc(C2C(Cl)=C(c3ccc(OCc4ccccc4)cc3)c3ccc(OC)cc32)cc1. The molecule has 4 aromatic rings. The van der Waals surface area contributed by atoms with Crippen molar-refractivity contribution in [1.29, 1.82) is 0 Å². The highest BCUT2D eigenvalue weighted by atomic mass is 35.5. The molecule has 5 rings (SSSR count). The maximum Gasteiger partial charge on any atom is 0.119 e. The molecular weight excluding hydrogens is 444 g/mol. The molecule has 0 fully saturated rings. The van der Waals surface area contributed by atoms with E-state index in [2.05, 4.69) is 48.5 Å². The summed E-state index contributed by atoms with van der Waals surface area (Å²) >= 11 is 7.11. The monoisotopic (exact) mass is 468 g/mol. The van der Waals surface area contributed by atoms with Crippen molar-refractivity contribution < 1.29 is 14.2 Å². The van der Waals surface area contributed by atoms with Crippen LogP contribution < -0.4 is 14.2 Å². The summed E-state index contributed by atoms with van der Waals surface area (Å²) in [6.07, 6.45) is 0. The van der Waals surface area contributed by atoms with Crippen LogP contribution in [0.2, 0.25) is 0 Å². The van der Waals surface area contributed by atoms with Crippen LogP contribution in [0.1, 0.15) is 33.7 Å². The smallest absolute Gasteiger partial charge is 0.119 e. The first kappa shape index (κ1) is 22.1. The van der Waals surface area contributed by atoms with E-state index < -0.39 is 0 Å². The summed E-state index contributed by atoms with van der Waals surface area (Å²) in [6.45, 7) is 0.534. The van der Waals surface area contributed by atoms with Gasteiger partial charge in [-0.15, -0.1) is 0 Å². The van der Waals surface area contributed by atoms with Gasteiger partial charge >= 0.3 is 0 Å². The highest BCUT2D eigenvalue weighted by Gasteiger charge is 2.32. The fourth-order valence-corrected chi connectivity index (χ4v) is 4.87. The van der Waals surface area contributed by atoms with Crippen LogP contribution in [0.15, 0.2) is 102 Å². The minimum absolute atomic E-state index is 0.0679. The van der Waals surface area contributed by atoms with Gasteiger partial charge in [0, 0.05) is 16.5 Å². The Balaban J connectivity index is 1.49. The molecule has 0 N–H and O–H groups in total. The molecule has 1 aliphatic carbocycles. The minimum atomic E-state index is -0.0679. The standard InChI is InChI=1S/C30H25ClO3/c1-32-23-12-8-22(9-13-23)29-27-18-25(33-2)16-17-26(27)28(30(29)31)21-10-14-24(15-11-21)34-19-20-6-4-3-5-7-20/h3-18,29H,19H2,1-2H3. The van der Waals surface area contributed by atoms with Gasteiger partial charge in [-0.1, -0.05) is 72.3 Å². The van der Waals surface area contributed by atoms with E-state index in [1.54, 1.807) is 14.2 Å². The molecule has 0 aromatic heterocycles. The summed E-state index contributed by atoms with van der Waals surface area (Å²) in [7, 11) is 3.35. The van der Waals surface area contributed by atoms with Gasteiger partial charge in [0.05, 0.1) is 14.2 Å². The van der Waals surface area contributed by atoms with E-state index in [0.717, 1.165) is 55.7 Å². The largest absolute Gasteiger partial charge is 0.497 e. The average Bonchev–Trinajstić information content (AvgIpc) is 3.19. The van der Waals surface area contributed by atoms with Gasteiger partial charge < -0.3 is 14.2 Å². The Morgan fingerprint density at radius 2 is 1.35 bits per heavy atom. The van der Waals surface area contributed by atoms with Crippen LogP contribution in [-0.2, 0) is 6.61 Å². The third-order valence-electron chi connectivity index (χ3n) is 6.17. The molecule has 34 heavy (non-hydrogen) atoms. The van der Waals surface area contributed by atoms with E-state index in [1.807, 2.05) is 48.5 Å². The zero-order valence-electron chi connectivity index (χ0n) is 19.1. The van der Waals surface area contributed by atoms with Crippen LogP contribution in [0.3, 0.4) is 0 Å². The fraction of sp³-hybridized carbons (Fsp3) is 0.133. The Morgan fingerprint density at radius 1 is 0.706 bits per heavy atom. The summed E-state index contributed by atoms with van der Waals surface area (Å²) in [5, 5.41) is 0.798. The summed E-state index contributed by atoms with van der Waals surface area (Å²) in [6, 6.07) is 32.5. The van der Waals surface area contributed by atoms with Crippen molar-refractivity contribution >= 4 is 17.2 Å². The first-order chi connectivity index (χ1) is 16.7. The molecule has 0 saturated carbocycles. The topological polar surface area (TPSA) is 27.7 Å². The lowest BCUT2D eigenvalue weighted by molar-refractivity contribution is 0.306. The van der Waals surface area contributed by atoms with E-state index in [0.29, 0.717) is 6.61 Å². The minimum Gasteiger partial charge on any atom is -0.497 e. The Bertz CT molecular complexity index is 1310. The van der Waals surface area contributed by atoms with E-state index in [1.165, 1.54) is 0 Å². The lowest BCUT2D eigenvalue weighted by Gasteiger charge is -2.15. The zero-order valence-corrected chi connectivity index (χ0v) is 19.9. The molecule has 0 bridgehead atoms. The number of hydrogen-bond donors (Lipinski definition) is 0. The van der Waals surface area contributed by atoms with Crippen molar-refractivity contribution in [3.8, 4) is 17.2 Å². The van der Waals surface area contributed by atoms with Crippen molar-refractivity contribution in [2.75, 3.05) is 14.2 Å². The number of allylic oxidation sites excluding steroid dienone is 1. The number of fused-ring (bicyclic) bond motifs is 1. The number of halogens is 1. The molecule has 4 aromatic carbocycles. The number of hydrogen-bond acceptors (Lipinski definition) is 3. The van der Waals surface area contributed by atoms with Gasteiger partial charge in [-0.3, -0.25) is 0 Å². The highest BCUT2D eigenvalue weighted by Crippen LogP contribution is 2.50. The van der Waals surface area contributed by atoms with Crippen molar-refractivity contribution in [1.82, 2.24) is 0 Å². The first-order valence-electron chi connectivity index (χ1n) is 11.2. The van der Waals surface area contributed by atoms with Gasteiger partial charge in [0.2, 0.25) is 0 Å². The second kappa shape index (κ2) is 9.66. The molecule has 1 unspecified atom stereocenters. The molecule has 3 nitrogen and oxygen atoms in total. The molecule has 1 atom stereocenters. The molecular formula is C30H25ClO3. The molecule has 4 heteroatoms. The summed E-state index contributed by atoms with van der Waals surface area (Å²) in [5.41, 5.74) is 6.59. The third-order valence-corrected chi connectivity index (χ3v) is 6.58. The van der Waals surface area contributed by atoms with Crippen LogP contribution in [-0.4, -0.2) is 14.2 Å². The van der Waals surface area contributed by atoms with Gasteiger partial charge in [-0.05, 0) is 64.2 Å². The Kier molecular flexibility index (Phi) is 6.29. The van der Waals surface area contributed by atoms with Gasteiger partial charge in [-0.25, -0.2) is 0 Å². The molecule has 0 spiro atoms. The number of methoxy groups -OCH3 is 2. The molecule has 0 heterocycles. The third kappa shape index (κ3) is 4.27. The number of ether oxygens (including phenoxy) is 3. The predicted octanol–water partition coefficient (Wildman–Crippen LogP) is 7.43. The van der Waals surface area contributed by atoms with E-state index in [-0.39, 0.29) is 5.92 Å². The maximum atomic E-state index is 7.11. The first-order valence-corrected chi connectivity index (χ1v) is 11.5. The Labute approximate surface area is 205 Å². The van der Waals surface area contributed by atoms with Crippen molar-refractivity contribution in [3.63, 3.8) is 0 Å². The predicted molar refractivity (Wildman–Crippen MR) is 137 cm³/mol. The molecule has 170 valence electrons. The Hall–Kier alpha value is -3.69. The normalized spacial score (nSPS) is 14.6. The van der Waals surface area contributed by atoms with Crippen LogP contribution in [0.4, 0.5) is 0 Å².